The van der Waals surface area contributed by atoms with Crippen LogP contribution in [0.15, 0.2) is 53.1 Å². The molecule has 0 spiro atoms. The van der Waals surface area contributed by atoms with E-state index in [0.717, 1.165) is 29.9 Å². The number of nitrogens with zero attached hydrogens (tertiary/aromatic N) is 2. The van der Waals surface area contributed by atoms with Crippen LogP contribution in [0, 0.1) is 6.92 Å². The largest absolute Gasteiger partial charge is 0.485 e. The Morgan fingerprint density at radius 2 is 1.93 bits per heavy atom. The molecule has 1 aliphatic rings. The number of carbonyl (C=O) groups is 1. The molecule has 0 bridgehead atoms. The number of Topliss-reactive ketones (excluding diaryl/α,β-unsaturated/α-hetero) is 1. The molecule has 1 fully saturated rings. The highest BCUT2D eigenvalue weighted by Crippen LogP contribution is 2.34. The maximum absolute atomic E-state index is 12.3. The number of ether oxygens (including phenoxy) is 1. The maximum atomic E-state index is 12.3. The van der Waals surface area contributed by atoms with Crippen molar-refractivity contribution in [1.82, 2.24) is 10.1 Å². The Kier molecular flexibility index (Phi) is 5.01. The molecule has 0 N–H and O–H groups in total. The second kappa shape index (κ2) is 7.74. The zero-order valence-electron chi connectivity index (χ0n) is 15.4. The fourth-order valence-electron chi connectivity index (χ4n) is 3.39. The van der Waals surface area contributed by atoms with Crippen LogP contribution in [-0.4, -0.2) is 22.5 Å². The predicted molar refractivity (Wildman–Crippen MR) is 102 cm³/mol. The third-order valence-corrected chi connectivity index (χ3v) is 4.98. The molecule has 138 valence electrons. The molecule has 1 saturated carbocycles. The minimum atomic E-state index is -0.0523. The Hall–Kier alpha value is -2.95. The van der Waals surface area contributed by atoms with Crippen molar-refractivity contribution in [3.63, 3.8) is 0 Å². The average Bonchev–Trinajstić information content (AvgIpc) is 3.38. The lowest BCUT2D eigenvalue weighted by Crippen LogP contribution is -2.11. The van der Waals surface area contributed by atoms with Gasteiger partial charge in [-0.05, 0) is 31.9 Å². The Labute approximate surface area is 158 Å². The fourth-order valence-corrected chi connectivity index (χ4v) is 3.39. The van der Waals surface area contributed by atoms with Crippen LogP contribution in [0.4, 0.5) is 0 Å². The van der Waals surface area contributed by atoms with Gasteiger partial charge in [-0.2, -0.15) is 4.98 Å². The zero-order chi connectivity index (χ0) is 18.6. The zero-order valence-corrected chi connectivity index (χ0v) is 15.4. The summed E-state index contributed by atoms with van der Waals surface area (Å²) in [7, 11) is 0. The van der Waals surface area contributed by atoms with Crippen molar-refractivity contribution in [2.75, 3.05) is 6.61 Å². The molecule has 27 heavy (non-hydrogen) atoms. The molecule has 3 aromatic rings. The number of hydrogen-bond acceptors (Lipinski definition) is 5. The van der Waals surface area contributed by atoms with Gasteiger partial charge in [-0.3, -0.25) is 4.79 Å². The molecule has 0 aliphatic heterocycles. The van der Waals surface area contributed by atoms with E-state index < -0.39 is 0 Å². The first-order chi connectivity index (χ1) is 13.2. The van der Waals surface area contributed by atoms with E-state index in [2.05, 4.69) is 10.1 Å². The van der Waals surface area contributed by atoms with Gasteiger partial charge < -0.3 is 9.26 Å². The minimum Gasteiger partial charge on any atom is -0.485 e. The number of hydrogen-bond donors (Lipinski definition) is 0. The molecule has 1 heterocycles. The van der Waals surface area contributed by atoms with E-state index in [1.54, 1.807) is 0 Å². The molecule has 4 rings (SSSR count). The summed E-state index contributed by atoms with van der Waals surface area (Å²) in [5.74, 6) is 2.23. The van der Waals surface area contributed by atoms with Crippen molar-refractivity contribution >= 4 is 5.78 Å². The molecule has 0 saturated heterocycles. The average molecular weight is 362 g/mol. The highest BCUT2D eigenvalue weighted by molar-refractivity contribution is 5.97. The highest BCUT2D eigenvalue weighted by Gasteiger charge is 2.23. The summed E-state index contributed by atoms with van der Waals surface area (Å²) in [6, 6.07) is 14.9. The Bertz CT molecular complexity index is 925. The van der Waals surface area contributed by atoms with Crippen molar-refractivity contribution in [2.45, 2.75) is 38.5 Å². The summed E-state index contributed by atoms with van der Waals surface area (Å²) >= 11 is 0. The monoisotopic (exact) mass is 362 g/mol. The molecular formula is C22H22N2O3. The molecule has 1 aromatic heterocycles. The number of aryl methyl sites for hydroxylation is 1. The van der Waals surface area contributed by atoms with E-state index in [4.69, 9.17) is 9.26 Å². The number of ketones is 1. The quantitative estimate of drug-likeness (QED) is 0.580. The van der Waals surface area contributed by atoms with E-state index >= 15 is 0 Å². The number of rotatable bonds is 6. The van der Waals surface area contributed by atoms with Gasteiger partial charge in [-0.25, -0.2) is 0 Å². The third-order valence-electron chi connectivity index (χ3n) is 4.98. The van der Waals surface area contributed by atoms with Crippen LogP contribution in [0.2, 0.25) is 0 Å². The van der Waals surface area contributed by atoms with Crippen molar-refractivity contribution < 1.29 is 14.1 Å². The molecule has 2 aromatic carbocycles. The second-order valence-electron chi connectivity index (χ2n) is 7.04. The molecule has 0 atom stereocenters. The summed E-state index contributed by atoms with van der Waals surface area (Å²) in [5.41, 5.74) is 2.59. The molecule has 5 heteroatoms. The number of aromatic nitrogens is 2. The number of benzene rings is 2. The van der Waals surface area contributed by atoms with Crippen LogP contribution < -0.4 is 4.74 Å². The van der Waals surface area contributed by atoms with Crippen molar-refractivity contribution in [3.8, 4) is 17.1 Å². The van der Waals surface area contributed by atoms with Gasteiger partial charge >= 0.3 is 0 Å². The first-order valence-electron chi connectivity index (χ1n) is 9.36. The molecule has 0 amide bonds. The van der Waals surface area contributed by atoms with Crippen LogP contribution in [0.3, 0.4) is 0 Å². The van der Waals surface area contributed by atoms with Crippen LogP contribution in [-0.2, 0) is 0 Å². The molecular weight excluding hydrogens is 340 g/mol. The molecule has 0 unspecified atom stereocenters. The standard InChI is InChI=1S/C22H22N2O3/c1-15-9-11-16(12-10-15)20(25)14-26-19-8-4-7-18(13-19)21-23-22(27-24-21)17-5-2-3-6-17/h4,7-13,17H,2-3,5-6,14H2,1H3. The van der Waals surface area contributed by atoms with Crippen LogP contribution in [0.5, 0.6) is 5.75 Å². The van der Waals surface area contributed by atoms with Gasteiger partial charge in [-0.1, -0.05) is 60.0 Å². The Morgan fingerprint density at radius 3 is 2.70 bits per heavy atom. The SMILES string of the molecule is Cc1ccc(C(=O)COc2cccc(-c3noc(C4CCCC4)n3)c2)cc1. The summed E-state index contributed by atoms with van der Waals surface area (Å²) in [6.45, 7) is 1.98. The van der Waals surface area contributed by atoms with E-state index in [-0.39, 0.29) is 12.4 Å². The topological polar surface area (TPSA) is 65.2 Å². The normalized spacial score (nSPS) is 14.4. The van der Waals surface area contributed by atoms with Crippen molar-refractivity contribution in [3.05, 3.63) is 65.5 Å². The maximum Gasteiger partial charge on any atom is 0.230 e. The van der Waals surface area contributed by atoms with E-state index in [1.807, 2.05) is 55.5 Å². The van der Waals surface area contributed by atoms with Crippen molar-refractivity contribution in [1.29, 1.82) is 0 Å². The van der Waals surface area contributed by atoms with Gasteiger partial charge in [0.25, 0.3) is 0 Å². The smallest absolute Gasteiger partial charge is 0.230 e. The van der Waals surface area contributed by atoms with Crippen LogP contribution in [0.1, 0.15) is 53.4 Å². The summed E-state index contributed by atoms with van der Waals surface area (Å²) in [4.78, 5) is 16.8. The van der Waals surface area contributed by atoms with Crippen molar-refractivity contribution in [2.24, 2.45) is 0 Å². The molecule has 5 nitrogen and oxygen atoms in total. The second-order valence-corrected chi connectivity index (χ2v) is 7.04. The fraction of sp³-hybridized carbons (Fsp3) is 0.318. The molecule has 1 aliphatic carbocycles. The Balaban J connectivity index is 1.43. The van der Waals surface area contributed by atoms with Gasteiger partial charge in [0.2, 0.25) is 11.7 Å². The number of carbonyl (C=O) groups excluding carboxylic acids is 1. The van der Waals surface area contributed by atoms with Gasteiger partial charge in [0.05, 0.1) is 0 Å². The minimum absolute atomic E-state index is 0.00785. The van der Waals surface area contributed by atoms with E-state index in [0.29, 0.717) is 23.1 Å². The third kappa shape index (κ3) is 4.08. The van der Waals surface area contributed by atoms with Crippen LogP contribution >= 0.6 is 0 Å². The van der Waals surface area contributed by atoms with Crippen LogP contribution in [0.25, 0.3) is 11.4 Å². The van der Waals surface area contributed by atoms with Gasteiger partial charge in [0.1, 0.15) is 5.75 Å². The van der Waals surface area contributed by atoms with Gasteiger partial charge in [0.15, 0.2) is 12.4 Å². The van der Waals surface area contributed by atoms with E-state index in [1.165, 1.54) is 12.8 Å². The first-order valence-corrected chi connectivity index (χ1v) is 9.36. The lowest BCUT2D eigenvalue weighted by molar-refractivity contribution is 0.0921. The summed E-state index contributed by atoms with van der Waals surface area (Å²) in [5, 5.41) is 4.11. The lowest BCUT2D eigenvalue weighted by Gasteiger charge is -2.07. The van der Waals surface area contributed by atoms with E-state index in [9.17, 15) is 4.79 Å². The lowest BCUT2D eigenvalue weighted by atomic mass is 10.1. The summed E-state index contributed by atoms with van der Waals surface area (Å²) < 4.78 is 11.1. The predicted octanol–water partition coefficient (Wildman–Crippen LogP) is 4.96. The van der Waals surface area contributed by atoms with Gasteiger partial charge in [0, 0.05) is 17.0 Å². The summed E-state index contributed by atoms with van der Waals surface area (Å²) in [6.07, 6.45) is 4.68. The van der Waals surface area contributed by atoms with Gasteiger partial charge in [-0.15, -0.1) is 0 Å². The first kappa shape index (κ1) is 17.5. The highest BCUT2D eigenvalue weighted by atomic mass is 16.5. The Morgan fingerprint density at radius 1 is 1.15 bits per heavy atom. The molecule has 0 radical (unpaired) electrons.